The van der Waals surface area contributed by atoms with Gasteiger partial charge >= 0.3 is 17.9 Å². The minimum Gasteiger partial charge on any atom is -0.462 e. The van der Waals surface area contributed by atoms with Gasteiger partial charge in [-0.3, -0.25) is 14.4 Å². The van der Waals surface area contributed by atoms with Gasteiger partial charge in [0.25, 0.3) is 0 Å². The maximum Gasteiger partial charge on any atom is 0.306 e. The van der Waals surface area contributed by atoms with Crippen molar-refractivity contribution in [1.82, 2.24) is 0 Å². The molecule has 0 heterocycles. The first-order valence-electron chi connectivity index (χ1n) is 25.8. The molecule has 0 saturated carbocycles. The van der Waals surface area contributed by atoms with Crippen molar-refractivity contribution >= 4 is 17.9 Å². The molecule has 0 spiro atoms. The molecule has 0 saturated heterocycles. The molecule has 6 heteroatoms. The number of carbonyl (C=O) groups excluding carboxylic acids is 3. The number of hydrogen-bond donors (Lipinski definition) is 0. The molecule has 6 nitrogen and oxygen atoms in total. The van der Waals surface area contributed by atoms with Gasteiger partial charge in [0, 0.05) is 19.3 Å². The molecule has 0 amide bonds. The third-order valence-electron chi connectivity index (χ3n) is 11.5. The van der Waals surface area contributed by atoms with Crippen molar-refractivity contribution in [1.29, 1.82) is 0 Å². The van der Waals surface area contributed by atoms with Crippen LogP contribution in [0.25, 0.3) is 0 Å². The zero-order valence-electron chi connectivity index (χ0n) is 39.5. The largest absolute Gasteiger partial charge is 0.462 e. The van der Waals surface area contributed by atoms with Gasteiger partial charge < -0.3 is 14.2 Å². The molecule has 0 bridgehead atoms. The summed E-state index contributed by atoms with van der Waals surface area (Å²) in [6, 6.07) is 0. The molecule has 0 radical (unpaired) electrons. The number of allylic oxidation sites excluding steroid dienone is 4. The predicted molar refractivity (Wildman–Crippen MR) is 252 cm³/mol. The lowest BCUT2D eigenvalue weighted by atomic mass is 10.0. The Morgan fingerprint density at radius 3 is 0.966 bits per heavy atom. The van der Waals surface area contributed by atoms with E-state index in [9.17, 15) is 14.4 Å². The lowest BCUT2D eigenvalue weighted by Gasteiger charge is -2.18. The highest BCUT2D eigenvalue weighted by Crippen LogP contribution is 2.16. The van der Waals surface area contributed by atoms with E-state index in [1.54, 1.807) is 0 Å². The first-order valence-corrected chi connectivity index (χ1v) is 25.8. The summed E-state index contributed by atoms with van der Waals surface area (Å²) in [6.45, 7) is 6.59. The van der Waals surface area contributed by atoms with E-state index >= 15 is 0 Å². The molecular weight excluding hydrogens is 733 g/mol. The normalized spacial score (nSPS) is 12.1. The monoisotopic (exact) mass is 831 g/mol. The SMILES string of the molecule is CCCCC/C=C\C/C=C\CCCCCCCC(=O)OC(COC(=O)CCCCCCCCC)COC(=O)CCCCCCCCCCCCCCCCCCCCC. The Balaban J connectivity index is 4.21. The number of ether oxygens (including phenoxy) is 3. The summed E-state index contributed by atoms with van der Waals surface area (Å²) in [6.07, 6.45) is 54.6. The van der Waals surface area contributed by atoms with Crippen LogP contribution >= 0.6 is 0 Å². The molecule has 0 aliphatic rings. The maximum absolute atomic E-state index is 12.7. The van der Waals surface area contributed by atoms with Gasteiger partial charge in [-0.15, -0.1) is 0 Å². The standard InChI is InChI=1S/C53H98O6/c1-4-7-10-13-16-18-20-22-24-25-26-27-29-30-32-34-37-40-43-46-52(55)58-49-50(48-57-51(54)45-42-39-36-15-12-9-6-3)59-53(56)47-44-41-38-35-33-31-28-23-21-19-17-14-11-8-5-2/h17,19,23,28,50H,4-16,18,20-22,24-27,29-49H2,1-3H3/b19-17-,28-23-. The number of unbranched alkanes of at least 4 members (excludes halogenated alkanes) is 32. The summed E-state index contributed by atoms with van der Waals surface area (Å²) in [5.41, 5.74) is 0. The number of esters is 3. The third kappa shape index (κ3) is 46.8. The molecule has 0 N–H and O–H groups in total. The first kappa shape index (κ1) is 56.9. The fourth-order valence-corrected chi connectivity index (χ4v) is 7.53. The van der Waals surface area contributed by atoms with Crippen molar-refractivity contribution < 1.29 is 28.6 Å². The van der Waals surface area contributed by atoms with Crippen LogP contribution in [-0.4, -0.2) is 37.2 Å². The first-order chi connectivity index (χ1) is 29.0. The van der Waals surface area contributed by atoms with Crippen LogP contribution < -0.4 is 0 Å². The molecule has 0 aromatic rings. The van der Waals surface area contributed by atoms with Gasteiger partial charge in [0.1, 0.15) is 13.2 Å². The maximum atomic E-state index is 12.7. The molecule has 0 aliphatic heterocycles. The Labute approximate surface area is 366 Å². The van der Waals surface area contributed by atoms with E-state index in [1.807, 2.05) is 0 Å². The predicted octanol–water partition coefficient (Wildman–Crippen LogP) is 16.8. The quantitative estimate of drug-likeness (QED) is 0.0263. The van der Waals surface area contributed by atoms with Gasteiger partial charge in [0.15, 0.2) is 6.10 Å². The molecule has 1 unspecified atom stereocenters. The second-order valence-electron chi connectivity index (χ2n) is 17.4. The average Bonchev–Trinajstić information content (AvgIpc) is 3.23. The van der Waals surface area contributed by atoms with Crippen molar-refractivity contribution in [3.8, 4) is 0 Å². The highest BCUT2D eigenvalue weighted by molar-refractivity contribution is 5.71. The van der Waals surface area contributed by atoms with Crippen LogP contribution in [0, 0.1) is 0 Å². The second-order valence-corrected chi connectivity index (χ2v) is 17.4. The van der Waals surface area contributed by atoms with Crippen molar-refractivity contribution in [3.63, 3.8) is 0 Å². The Kier molecular flexibility index (Phi) is 46.8. The number of rotatable bonds is 47. The van der Waals surface area contributed by atoms with E-state index in [4.69, 9.17) is 14.2 Å². The fourth-order valence-electron chi connectivity index (χ4n) is 7.53. The van der Waals surface area contributed by atoms with Crippen LogP contribution in [0.5, 0.6) is 0 Å². The molecule has 0 aromatic heterocycles. The van der Waals surface area contributed by atoms with Gasteiger partial charge in [-0.1, -0.05) is 231 Å². The summed E-state index contributed by atoms with van der Waals surface area (Å²) in [7, 11) is 0. The fraction of sp³-hybridized carbons (Fsp3) is 0.868. The van der Waals surface area contributed by atoms with Gasteiger partial charge in [-0.2, -0.15) is 0 Å². The molecule has 0 rings (SSSR count). The summed E-state index contributed by atoms with van der Waals surface area (Å²) >= 11 is 0. The van der Waals surface area contributed by atoms with Crippen LogP contribution in [0.15, 0.2) is 24.3 Å². The smallest absolute Gasteiger partial charge is 0.306 e. The van der Waals surface area contributed by atoms with Crippen molar-refractivity contribution in [2.24, 2.45) is 0 Å². The lowest BCUT2D eigenvalue weighted by molar-refractivity contribution is -0.167. The zero-order chi connectivity index (χ0) is 43.0. The van der Waals surface area contributed by atoms with Crippen molar-refractivity contribution in [2.75, 3.05) is 13.2 Å². The van der Waals surface area contributed by atoms with Crippen LogP contribution in [0.3, 0.4) is 0 Å². The van der Waals surface area contributed by atoms with E-state index in [0.717, 1.165) is 77.0 Å². The Morgan fingerprint density at radius 1 is 0.339 bits per heavy atom. The van der Waals surface area contributed by atoms with Crippen LogP contribution in [0.1, 0.15) is 278 Å². The zero-order valence-corrected chi connectivity index (χ0v) is 39.5. The van der Waals surface area contributed by atoms with Gasteiger partial charge in [0.05, 0.1) is 0 Å². The molecular formula is C53H98O6. The number of carbonyl (C=O) groups is 3. The Morgan fingerprint density at radius 2 is 0.610 bits per heavy atom. The summed E-state index contributed by atoms with van der Waals surface area (Å²) < 4.78 is 16.7. The third-order valence-corrected chi connectivity index (χ3v) is 11.5. The highest BCUT2D eigenvalue weighted by atomic mass is 16.6. The van der Waals surface area contributed by atoms with Crippen LogP contribution in [0.2, 0.25) is 0 Å². The van der Waals surface area contributed by atoms with E-state index in [2.05, 4.69) is 45.1 Å². The van der Waals surface area contributed by atoms with Crippen LogP contribution in [-0.2, 0) is 28.6 Å². The highest BCUT2D eigenvalue weighted by Gasteiger charge is 2.19. The van der Waals surface area contributed by atoms with E-state index in [1.165, 1.54) is 161 Å². The van der Waals surface area contributed by atoms with Gasteiger partial charge in [0.2, 0.25) is 0 Å². The Hall–Kier alpha value is -2.11. The van der Waals surface area contributed by atoms with Gasteiger partial charge in [-0.25, -0.2) is 0 Å². The summed E-state index contributed by atoms with van der Waals surface area (Å²) in [5, 5.41) is 0. The molecule has 346 valence electrons. The average molecular weight is 831 g/mol. The summed E-state index contributed by atoms with van der Waals surface area (Å²) in [4.78, 5) is 37.8. The van der Waals surface area contributed by atoms with Crippen molar-refractivity contribution in [2.45, 2.75) is 284 Å². The topological polar surface area (TPSA) is 78.9 Å². The van der Waals surface area contributed by atoms with E-state index in [0.29, 0.717) is 19.3 Å². The molecule has 1 atom stereocenters. The lowest BCUT2D eigenvalue weighted by Crippen LogP contribution is -2.30. The second kappa shape index (κ2) is 48.6. The van der Waals surface area contributed by atoms with E-state index in [-0.39, 0.29) is 31.1 Å². The minimum absolute atomic E-state index is 0.0728. The van der Waals surface area contributed by atoms with Crippen molar-refractivity contribution in [3.05, 3.63) is 24.3 Å². The van der Waals surface area contributed by atoms with Crippen LogP contribution in [0.4, 0.5) is 0 Å². The molecule has 0 aromatic carbocycles. The summed E-state index contributed by atoms with van der Waals surface area (Å²) in [5.74, 6) is -0.881. The van der Waals surface area contributed by atoms with Gasteiger partial charge in [-0.05, 0) is 51.4 Å². The molecule has 0 aliphatic carbocycles. The minimum atomic E-state index is -0.771. The number of hydrogen-bond acceptors (Lipinski definition) is 6. The molecule has 59 heavy (non-hydrogen) atoms. The van der Waals surface area contributed by atoms with E-state index < -0.39 is 6.10 Å². The molecule has 0 fully saturated rings. The Bertz CT molecular complexity index is 958.